The molecular formula is C14H16BNO4. The molecule has 104 valence electrons. The molecule has 1 aromatic carbocycles. The Bertz CT molecular complexity index is 522. The van der Waals surface area contributed by atoms with Crippen LogP contribution in [-0.2, 0) is 0 Å². The van der Waals surface area contributed by atoms with E-state index < -0.39 is 7.12 Å². The molecule has 0 aliphatic rings. The number of hydrogen-bond donors (Lipinski definition) is 2. The number of hydrogen-bond acceptors (Lipinski definition) is 5. The standard InChI is InChI=1S/C14H16BNO4/c17-15(18)12-9-14(11-16-10-12)20-8-4-7-19-13-5-2-1-3-6-13/h1-3,5-6,9-11,17-18H,4,7-8H2. The predicted molar refractivity (Wildman–Crippen MR) is 76.1 cm³/mol. The van der Waals surface area contributed by atoms with E-state index in [0.29, 0.717) is 24.4 Å². The summed E-state index contributed by atoms with van der Waals surface area (Å²) in [5, 5.41) is 18.0. The lowest BCUT2D eigenvalue weighted by atomic mass is 9.82. The molecule has 0 aliphatic carbocycles. The van der Waals surface area contributed by atoms with Crippen LogP contribution in [0.5, 0.6) is 11.5 Å². The van der Waals surface area contributed by atoms with Crippen LogP contribution in [0.25, 0.3) is 0 Å². The Hall–Kier alpha value is -2.05. The van der Waals surface area contributed by atoms with Gasteiger partial charge in [-0.1, -0.05) is 18.2 Å². The third-order valence-corrected chi connectivity index (χ3v) is 2.60. The van der Waals surface area contributed by atoms with Gasteiger partial charge in [0.15, 0.2) is 0 Å². The van der Waals surface area contributed by atoms with Crippen molar-refractivity contribution >= 4 is 12.6 Å². The highest BCUT2D eigenvalue weighted by Gasteiger charge is 2.11. The summed E-state index contributed by atoms with van der Waals surface area (Å²) in [6.45, 7) is 1.03. The second kappa shape index (κ2) is 7.52. The lowest BCUT2D eigenvalue weighted by Crippen LogP contribution is -2.30. The molecule has 0 saturated heterocycles. The number of para-hydroxylation sites is 1. The highest BCUT2D eigenvalue weighted by Crippen LogP contribution is 2.09. The first kappa shape index (κ1) is 14.4. The third kappa shape index (κ3) is 4.57. The summed E-state index contributed by atoms with van der Waals surface area (Å²) >= 11 is 0. The van der Waals surface area contributed by atoms with Gasteiger partial charge in [0.2, 0.25) is 0 Å². The normalized spacial score (nSPS) is 10.1. The Morgan fingerprint density at radius 1 is 0.950 bits per heavy atom. The molecule has 5 nitrogen and oxygen atoms in total. The van der Waals surface area contributed by atoms with Crippen molar-refractivity contribution in [3.8, 4) is 11.5 Å². The highest BCUT2D eigenvalue weighted by molar-refractivity contribution is 6.58. The molecule has 0 radical (unpaired) electrons. The summed E-state index contributed by atoms with van der Waals surface area (Å²) in [5.74, 6) is 1.34. The molecule has 1 heterocycles. The van der Waals surface area contributed by atoms with Crippen LogP contribution in [0.3, 0.4) is 0 Å². The summed E-state index contributed by atoms with van der Waals surface area (Å²) < 4.78 is 11.0. The second-order valence-corrected chi connectivity index (χ2v) is 4.19. The van der Waals surface area contributed by atoms with E-state index in [4.69, 9.17) is 19.5 Å². The topological polar surface area (TPSA) is 71.8 Å². The maximum Gasteiger partial charge on any atom is 0.490 e. The lowest BCUT2D eigenvalue weighted by Gasteiger charge is -2.08. The van der Waals surface area contributed by atoms with E-state index in [2.05, 4.69) is 4.98 Å². The van der Waals surface area contributed by atoms with Gasteiger partial charge < -0.3 is 19.5 Å². The molecule has 0 spiro atoms. The summed E-state index contributed by atoms with van der Waals surface area (Å²) in [5.41, 5.74) is 0.308. The lowest BCUT2D eigenvalue weighted by molar-refractivity contribution is 0.247. The fourth-order valence-electron chi connectivity index (χ4n) is 1.61. The number of pyridine rings is 1. The molecule has 0 fully saturated rings. The molecule has 2 N–H and O–H groups in total. The van der Waals surface area contributed by atoms with E-state index in [1.165, 1.54) is 12.4 Å². The minimum absolute atomic E-state index is 0.308. The van der Waals surface area contributed by atoms with E-state index in [1.807, 2.05) is 30.3 Å². The van der Waals surface area contributed by atoms with Gasteiger partial charge >= 0.3 is 7.12 Å². The van der Waals surface area contributed by atoms with Crippen LogP contribution in [0, 0.1) is 0 Å². The minimum atomic E-state index is -1.53. The van der Waals surface area contributed by atoms with Crippen molar-refractivity contribution in [1.82, 2.24) is 4.98 Å². The number of rotatable bonds is 7. The van der Waals surface area contributed by atoms with Crippen LogP contribution in [0.2, 0.25) is 0 Å². The number of aromatic nitrogens is 1. The summed E-state index contributed by atoms with van der Waals surface area (Å²) in [6, 6.07) is 11.1. The molecule has 1 aromatic heterocycles. The molecule has 0 saturated carbocycles. The van der Waals surface area contributed by atoms with Crippen molar-refractivity contribution in [1.29, 1.82) is 0 Å². The summed E-state index contributed by atoms with van der Waals surface area (Å²) in [7, 11) is -1.53. The Labute approximate surface area is 118 Å². The quantitative estimate of drug-likeness (QED) is 0.571. The van der Waals surface area contributed by atoms with Gasteiger partial charge in [0.05, 0.1) is 19.4 Å². The van der Waals surface area contributed by atoms with Crippen molar-refractivity contribution < 1.29 is 19.5 Å². The molecular weight excluding hydrogens is 257 g/mol. The number of benzene rings is 1. The van der Waals surface area contributed by atoms with Gasteiger partial charge in [-0.15, -0.1) is 0 Å². The Balaban J connectivity index is 1.69. The average molecular weight is 273 g/mol. The van der Waals surface area contributed by atoms with E-state index in [1.54, 1.807) is 6.07 Å². The monoisotopic (exact) mass is 273 g/mol. The zero-order valence-electron chi connectivity index (χ0n) is 11.0. The first-order valence-electron chi connectivity index (χ1n) is 6.37. The Kier molecular flexibility index (Phi) is 5.40. The Morgan fingerprint density at radius 3 is 2.35 bits per heavy atom. The van der Waals surface area contributed by atoms with Gasteiger partial charge in [-0.2, -0.15) is 0 Å². The van der Waals surface area contributed by atoms with Crippen LogP contribution < -0.4 is 14.9 Å². The fourth-order valence-corrected chi connectivity index (χ4v) is 1.61. The van der Waals surface area contributed by atoms with Gasteiger partial charge in [0.25, 0.3) is 0 Å². The van der Waals surface area contributed by atoms with E-state index >= 15 is 0 Å². The first-order chi connectivity index (χ1) is 9.75. The fraction of sp³-hybridized carbons (Fsp3) is 0.214. The summed E-state index contributed by atoms with van der Waals surface area (Å²) in [6.07, 6.45) is 3.64. The van der Waals surface area contributed by atoms with Crippen molar-refractivity contribution in [3.05, 3.63) is 48.8 Å². The van der Waals surface area contributed by atoms with E-state index in [-0.39, 0.29) is 0 Å². The molecule has 0 bridgehead atoms. The minimum Gasteiger partial charge on any atom is -0.493 e. The molecule has 2 aromatic rings. The van der Waals surface area contributed by atoms with Gasteiger partial charge in [0, 0.05) is 18.1 Å². The van der Waals surface area contributed by atoms with Crippen LogP contribution in [0.15, 0.2) is 48.8 Å². The average Bonchev–Trinajstić information content (AvgIpc) is 2.48. The SMILES string of the molecule is OB(O)c1cncc(OCCCOc2ccccc2)c1. The smallest absolute Gasteiger partial charge is 0.490 e. The van der Waals surface area contributed by atoms with Gasteiger partial charge in [-0.05, 0) is 18.2 Å². The van der Waals surface area contributed by atoms with Crippen molar-refractivity contribution in [2.45, 2.75) is 6.42 Å². The number of ether oxygens (including phenoxy) is 2. The molecule has 6 heteroatoms. The highest BCUT2D eigenvalue weighted by atomic mass is 16.5. The van der Waals surface area contributed by atoms with E-state index in [9.17, 15) is 0 Å². The van der Waals surface area contributed by atoms with Gasteiger partial charge in [-0.3, -0.25) is 4.98 Å². The zero-order valence-corrected chi connectivity index (χ0v) is 11.0. The molecule has 2 rings (SSSR count). The first-order valence-corrected chi connectivity index (χ1v) is 6.37. The molecule has 0 atom stereocenters. The Morgan fingerprint density at radius 2 is 1.65 bits per heavy atom. The van der Waals surface area contributed by atoms with Crippen molar-refractivity contribution in [3.63, 3.8) is 0 Å². The molecule has 0 aliphatic heterocycles. The predicted octanol–water partition coefficient (Wildman–Crippen LogP) is 0.609. The second-order valence-electron chi connectivity index (χ2n) is 4.19. The maximum atomic E-state index is 9.02. The van der Waals surface area contributed by atoms with Gasteiger partial charge in [-0.25, -0.2) is 0 Å². The molecule has 20 heavy (non-hydrogen) atoms. The molecule has 0 unspecified atom stereocenters. The van der Waals surface area contributed by atoms with Crippen LogP contribution in [-0.4, -0.2) is 35.4 Å². The zero-order chi connectivity index (χ0) is 14.2. The maximum absolute atomic E-state index is 9.02. The number of nitrogens with zero attached hydrogens (tertiary/aromatic N) is 1. The van der Waals surface area contributed by atoms with E-state index in [0.717, 1.165) is 12.2 Å². The van der Waals surface area contributed by atoms with Crippen LogP contribution >= 0.6 is 0 Å². The largest absolute Gasteiger partial charge is 0.493 e. The van der Waals surface area contributed by atoms with Crippen LogP contribution in [0.4, 0.5) is 0 Å². The van der Waals surface area contributed by atoms with Crippen LogP contribution in [0.1, 0.15) is 6.42 Å². The van der Waals surface area contributed by atoms with Crippen molar-refractivity contribution in [2.75, 3.05) is 13.2 Å². The summed E-state index contributed by atoms with van der Waals surface area (Å²) in [4.78, 5) is 3.88. The van der Waals surface area contributed by atoms with Crippen molar-refractivity contribution in [2.24, 2.45) is 0 Å². The van der Waals surface area contributed by atoms with Gasteiger partial charge in [0.1, 0.15) is 11.5 Å². The molecule has 0 amide bonds. The third-order valence-electron chi connectivity index (χ3n) is 2.60.